The minimum absolute atomic E-state index is 0.0222. The van der Waals surface area contributed by atoms with Crippen molar-refractivity contribution in [2.75, 3.05) is 12.0 Å². The Morgan fingerprint density at radius 2 is 1.95 bits per heavy atom. The van der Waals surface area contributed by atoms with Crippen LogP contribution in [0.15, 0.2) is 30.3 Å². The van der Waals surface area contributed by atoms with Crippen LogP contribution in [0.1, 0.15) is 31.9 Å². The largest absolute Gasteiger partial charge is 0.348 e. The first-order valence-electron chi connectivity index (χ1n) is 6.66. The summed E-state index contributed by atoms with van der Waals surface area (Å²) in [6, 6.07) is 9.64. The van der Waals surface area contributed by atoms with Crippen LogP contribution in [0.3, 0.4) is 0 Å². The molecule has 0 aliphatic heterocycles. The molecule has 0 aliphatic rings. The first-order valence-corrected chi connectivity index (χ1v) is 8.05. The third-order valence-corrected chi connectivity index (χ3v) is 3.74. The number of hydrogen-bond acceptors (Lipinski definition) is 3. The molecule has 3 nitrogen and oxygen atoms in total. The van der Waals surface area contributed by atoms with Gasteiger partial charge >= 0.3 is 0 Å². The number of nitrogens with one attached hydrogen (secondary N) is 1. The number of hydrogen-bond donors (Lipinski definition) is 2. The summed E-state index contributed by atoms with van der Waals surface area (Å²) in [5, 5.41) is 3.07. The fraction of sp³-hybridized carbons (Fsp3) is 0.533. The maximum Gasteiger partial charge on any atom is 0.237 e. The molecular formula is C15H24N2OS. The van der Waals surface area contributed by atoms with E-state index in [0.717, 1.165) is 11.3 Å². The van der Waals surface area contributed by atoms with Crippen molar-refractivity contribution >= 4 is 17.7 Å². The van der Waals surface area contributed by atoms with Crippen molar-refractivity contribution in [3.8, 4) is 0 Å². The SMILES string of the molecule is CSCC[C@@H](N)C(=O)NC(c1ccccc1)C(C)C. The second kappa shape index (κ2) is 8.23. The van der Waals surface area contributed by atoms with Gasteiger partial charge in [0, 0.05) is 0 Å². The molecule has 1 unspecified atom stereocenters. The molecule has 0 radical (unpaired) electrons. The first-order chi connectivity index (χ1) is 9.06. The number of benzene rings is 1. The molecule has 0 aromatic heterocycles. The second-order valence-corrected chi connectivity index (χ2v) is 6.01. The Bertz CT molecular complexity index is 381. The van der Waals surface area contributed by atoms with E-state index < -0.39 is 6.04 Å². The van der Waals surface area contributed by atoms with Gasteiger partial charge in [0.05, 0.1) is 12.1 Å². The van der Waals surface area contributed by atoms with E-state index in [-0.39, 0.29) is 11.9 Å². The number of carbonyl (C=O) groups is 1. The van der Waals surface area contributed by atoms with E-state index in [4.69, 9.17) is 5.73 Å². The topological polar surface area (TPSA) is 55.1 Å². The van der Waals surface area contributed by atoms with E-state index in [1.165, 1.54) is 0 Å². The average molecular weight is 280 g/mol. The summed E-state index contributed by atoms with van der Waals surface area (Å²) in [6.07, 6.45) is 2.73. The van der Waals surface area contributed by atoms with Gasteiger partial charge in [0.15, 0.2) is 0 Å². The number of rotatable bonds is 7. The second-order valence-electron chi connectivity index (χ2n) is 5.03. The van der Waals surface area contributed by atoms with Gasteiger partial charge in [0.1, 0.15) is 0 Å². The Hall–Kier alpha value is -1.00. The molecule has 106 valence electrons. The summed E-state index contributed by atoms with van der Waals surface area (Å²) < 4.78 is 0. The number of thioether (sulfide) groups is 1. The molecular weight excluding hydrogens is 256 g/mol. The lowest BCUT2D eigenvalue weighted by Crippen LogP contribution is -2.43. The molecule has 0 bridgehead atoms. The molecule has 1 aromatic carbocycles. The van der Waals surface area contributed by atoms with Gasteiger partial charge in [-0.05, 0) is 29.9 Å². The van der Waals surface area contributed by atoms with Crippen LogP contribution in [-0.2, 0) is 4.79 Å². The highest BCUT2D eigenvalue weighted by Gasteiger charge is 2.21. The molecule has 3 N–H and O–H groups in total. The molecule has 19 heavy (non-hydrogen) atoms. The van der Waals surface area contributed by atoms with Crippen LogP contribution >= 0.6 is 11.8 Å². The Balaban J connectivity index is 2.67. The van der Waals surface area contributed by atoms with Crippen molar-refractivity contribution in [3.05, 3.63) is 35.9 Å². The quantitative estimate of drug-likeness (QED) is 0.807. The van der Waals surface area contributed by atoms with Gasteiger partial charge in [-0.2, -0.15) is 11.8 Å². The minimum atomic E-state index is -0.419. The van der Waals surface area contributed by atoms with Crippen LogP contribution in [0.25, 0.3) is 0 Å². The van der Waals surface area contributed by atoms with Crippen LogP contribution in [0.5, 0.6) is 0 Å². The molecule has 1 aromatic rings. The van der Waals surface area contributed by atoms with Gasteiger partial charge in [0.2, 0.25) is 5.91 Å². The summed E-state index contributed by atoms with van der Waals surface area (Å²) >= 11 is 1.71. The van der Waals surface area contributed by atoms with Crippen LogP contribution in [-0.4, -0.2) is 24.0 Å². The molecule has 0 saturated heterocycles. The minimum Gasteiger partial charge on any atom is -0.348 e. The molecule has 4 heteroatoms. The van der Waals surface area contributed by atoms with Gasteiger partial charge < -0.3 is 11.1 Å². The average Bonchev–Trinajstić information content (AvgIpc) is 2.42. The predicted octanol–water partition coefficient (Wildman–Crippen LogP) is 2.58. The summed E-state index contributed by atoms with van der Waals surface area (Å²) in [5.74, 6) is 1.18. The highest BCUT2D eigenvalue weighted by molar-refractivity contribution is 7.98. The zero-order valence-electron chi connectivity index (χ0n) is 11.9. The summed E-state index contributed by atoms with van der Waals surface area (Å²) in [6.45, 7) is 4.21. The van der Waals surface area contributed by atoms with Crippen molar-refractivity contribution < 1.29 is 4.79 Å². The maximum absolute atomic E-state index is 12.1. The number of nitrogens with two attached hydrogens (primary N) is 1. The predicted molar refractivity (Wildman–Crippen MR) is 83.1 cm³/mol. The Labute approximate surface area is 120 Å². The lowest BCUT2D eigenvalue weighted by Gasteiger charge is -2.24. The van der Waals surface area contributed by atoms with Crippen LogP contribution in [0.2, 0.25) is 0 Å². The molecule has 0 saturated carbocycles. The molecule has 0 aliphatic carbocycles. The normalized spacial score (nSPS) is 14.2. The molecule has 0 spiro atoms. The summed E-state index contributed by atoms with van der Waals surface area (Å²) in [7, 11) is 0. The van der Waals surface area contributed by atoms with Crippen molar-refractivity contribution in [3.63, 3.8) is 0 Å². The number of amides is 1. The highest BCUT2D eigenvalue weighted by Crippen LogP contribution is 2.21. The fourth-order valence-corrected chi connectivity index (χ4v) is 2.42. The van der Waals surface area contributed by atoms with Crippen molar-refractivity contribution in [2.24, 2.45) is 11.7 Å². The lowest BCUT2D eigenvalue weighted by atomic mass is 9.95. The smallest absolute Gasteiger partial charge is 0.237 e. The fourth-order valence-electron chi connectivity index (χ4n) is 1.93. The van der Waals surface area contributed by atoms with Gasteiger partial charge in [-0.15, -0.1) is 0 Å². The van der Waals surface area contributed by atoms with Gasteiger partial charge in [0.25, 0.3) is 0 Å². The highest BCUT2D eigenvalue weighted by atomic mass is 32.2. The molecule has 2 atom stereocenters. The third kappa shape index (κ3) is 5.25. The molecule has 0 heterocycles. The zero-order valence-corrected chi connectivity index (χ0v) is 12.7. The Morgan fingerprint density at radius 1 is 1.32 bits per heavy atom. The third-order valence-electron chi connectivity index (χ3n) is 3.09. The van der Waals surface area contributed by atoms with Gasteiger partial charge in [-0.25, -0.2) is 0 Å². The van der Waals surface area contributed by atoms with Crippen LogP contribution in [0.4, 0.5) is 0 Å². The summed E-state index contributed by atoms with van der Waals surface area (Å²) in [5.41, 5.74) is 7.03. The Morgan fingerprint density at radius 3 is 2.47 bits per heavy atom. The van der Waals surface area contributed by atoms with E-state index >= 15 is 0 Å². The summed E-state index contributed by atoms with van der Waals surface area (Å²) in [4.78, 5) is 12.1. The lowest BCUT2D eigenvalue weighted by molar-refractivity contribution is -0.123. The van der Waals surface area contributed by atoms with Crippen LogP contribution < -0.4 is 11.1 Å². The van der Waals surface area contributed by atoms with Gasteiger partial charge in [-0.1, -0.05) is 44.2 Å². The van der Waals surface area contributed by atoms with Gasteiger partial charge in [-0.3, -0.25) is 4.79 Å². The maximum atomic E-state index is 12.1. The van der Waals surface area contributed by atoms with E-state index in [1.807, 2.05) is 36.6 Å². The first kappa shape index (κ1) is 16.1. The van der Waals surface area contributed by atoms with E-state index in [9.17, 15) is 4.79 Å². The number of carbonyl (C=O) groups excluding carboxylic acids is 1. The molecule has 1 amide bonds. The van der Waals surface area contributed by atoms with E-state index in [1.54, 1.807) is 11.8 Å². The standard InChI is InChI=1S/C15H24N2OS/c1-11(2)14(12-7-5-4-6-8-12)17-15(18)13(16)9-10-19-3/h4-8,11,13-14H,9-10,16H2,1-3H3,(H,17,18)/t13-,14?/m1/s1. The Kier molecular flexibility index (Phi) is 6.95. The zero-order chi connectivity index (χ0) is 14.3. The molecule has 1 rings (SSSR count). The van der Waals surface area contributed by atoms with Crippen LogP contribution in [0, 0.1) is 5.92 Å². The molecule has 0 fully saturated rings. The van der Waals surface area contributed by atoms with Crippen molar-refractivity contribution in [2.45, 2.75) is 32.4 Å². The van der Waals surface area contributed by atoms with E-state index in [0.29, 0.717) is 12.3 Å². The monoisotopic (exact) mass is 280 g/mol. The van der Waals surface area contributed by atoms with E-state index in [2.05, 4.69) is 19.2 Å². The van der Waals surface area contributed by atoms with Crippen molar-refractivity contribution in [1.82, 2.24) is 5.32 Å². The van der Waals surface area contributed by atoms with Crippen molar-refractivity contribution in [1.29, 1.82) is 0 Å².